The van der Waals surface area contributed by atoms with E-state index in [2.05, 4.69) is 24.0 Å². The first kappa shape index (κ1) is 19.6. The van der Waals surface area contributed by atoms with E-state index in [4.69, 9.17) is 4.74 Å². The summed E-state index contributed by atoms with van der Waals surface area (Å²) in [6.45, 7) is 6.91. The number of hydrogen-bond donors (Lipinski definition) is 2. The van der Waals surface area contributed by atoms with Crippen molar-refractivity contribution >= 4 is 5.69 Å². The minimum absolute atomic E-state index is 0.203. The largest absolute Gasteiger partial charge is 0.491 e. The fraction of sp³-hybridized carbons (Fsp3) is 0.455. The van der Waals surface area contributed by atoms with Gasteiger partial charge in [0.15, 0.2) is 0 Å². The second-order valence-electron chi connectivity index (χ2n) is 7.28. The molecule has 1 aliphatic heterocycles. The highest BCUT2D eigenvalue weighted by Crippen LogP contribution is 2.15. The number of hydrogen-bond acceptors (Lipinski definition) is 3. The summed E-state index contributed by atoms with van der Waals surface area (Å²) in [5.74, 6) is 0.608. The predicted molar refractivity (Wildman–Crippen MR) is 106 cm³/mol. The number of benzene rings is 2. The van der Waals surface area contributed by atoms with Gasteiger partial charge >= 0.3 is 0 Å². The SMILES string of the molecule is CCCc1ccc(OC[C@@H](O)C[NH+]2CCN(c3ccc(F)cc3)CC2)cc1. The van der Waals surface area contributed by atoms with Gasteiger partial charge in [0.2, 0.25) is 0 Å². The van der Waals surface area contributed by atoms with Crippen LogP contribution in [0, 0.1) is 5.82 Å². The Bertz CT molecular complexity index is 682. The molecular formula is C22H30FN2O2+. The maximum Gasteiger partial charge on any atom is 0.137 e. The number of nitrogens with one attached hydrogen (secondary N) is 1. The number of anilines is 1. The second-order valence-corrected chi connectivity index (χ2v) is 7.28. The Morgan fingerprint density at radius 3 is 2.37 bits per heavy atom. The summed E-state index contributed by atoms with van der Waals surface area (Å²) in [5, 5.41) is 10.3. The van der Waals surface area contributed by atoms with E-state index >= 15 is 0 Å². The monoisotopic (exact) mass is 373 g/mol. The minimum atomic E-state index is -0.479. The van der Waals surface area contributed by atoms with E-state index in [1.54, 1.807) is 0 Å². The third kappa shape index (κ3) is 5.94. The molecule has 0 saturated carbocycles. The first-order valence-corrected chi connectivity index (χ1v) is 9.88. The van der Waals surface area contributed by atoms with E-state index in [-0.39, 0.29) is 5.82 Å². The molecular weight excluding hydrogens is 343 g/mol. The number of aliphatic hydroxyl groups is 1. The minimum Gasteiger partial charge on any atom is -0.491 e. The molecule has 1 atom stereocenters. The number of aryl methyl sites for hydroxylation is 1. The molecule has 3 rings (SSSR count). The fourth-order valence-corrected chi connectivity index (χ4v) is 3.56. The Kier molecular flexibility index (Phi) is 7.07. The third-order valence-electron chi connectivity index (χ3n) is 5.09. The Morgan fingerprint density at radius 2 is 1.74 bits per heavy atom. The summed E-state index contributed by atoms with van der Waals surface area (Å²) in [7, 11) is 0. The number of rotatable bonds is 8. The van der Waals surface area contributed by atoms with Crippen molar-refractivity contribution in [3.63, 3.8) is 0 Å². The number of nitrogens with zero attached hydrogens (tertiary/aromatic N) is 1. The molecule has 0 radical (unpaired) electrons. The molecule has 0 aromatic heterocycles. The molecule has 27 heavy (non-hydrogen) atoms. The van der Waals surface area contributed by atoms with Crippen molar-refractivity contribution in [2.45, 2.75) is 25.9 Å². The van der Waals surface area contributed by atoms with Crippen LogP contribution in [0.2, 0.25) is 0 Å². The van der Waals surface area contributed by atoms with Gasteiger partial charge < -0.3 is 19.6 Å². The van der Waals surface area contributed by atoms with Gasteiger partial charge in [-0.15, -0.1) is 0 Å². The maximum absolute atomic E-state index is 13.0. The van der Waals surface area contributed by atoms with E-state index in [1.807, 2.05) is 24.3 Å². The number of ether oxygens (including phenoxy) is 1. The highest BCUT2D eigenvalue weighted by atomic mass is 19.1. The molecule has 1 saturated heterocycles. The first-order valence-electron chi connectivity index (χ1n) is 9.88. The summed E-state index contributed by atoms with van der Waals surface area (Å²) < 4.78 is 18.8. The molecule has 0 amide bonds. The Hall–Kier alpha value is -2.11. The van der Waals surface area contributed by atoms with Crippen molar-refractivity contribution in [1.29, 1.82) is 0 Å². The molecule has 2 aromatic carbocycles. The highest BCUT2D eigenvalue weighted by Gasteiger charge is 2.22. The van der Waals surface area contributed by atoms with Crippen molar-refractivity contribution in [2.24, 2.45) is 0 Å². The third-order valence-corrected chi connectivity index (χ3v) is 5.09. The molecule has 146 valence electrons. The standard InChI is InChI=1S/C22H29FN2O2/c1-2-3-18-4-10-22(11-5-18)27-17-21(26)16-24-12-14-25(15-13-24)20-8-6-19(23)7-9-20/h4-11,21,26H,2-3,12-17H2,1H3/p+1/t21-/m0/s1. The quantitative estimate of drug-likeness (QED) is 0.742. The van der Waals surface area contributed by atoms with Crippen LogP contribution in [0.4, 0.5) is 10.1 Å². The lowest BCUT2D eigenvalue weighted by atomic mass is 10.1. The van der Waals surface area contributed by atoms with Gasteiger partial charge in [-0.1, -0.05) is 25.5 Å². The van der Waals surface area contributed by atoms with Gasteiger partial charge in [0, 0.05) is 5.69 Å². The summed E-state index contributed by atoms with van der Waals surface area (Å²) in [5.41, 5.74) is 2.37. The fourth-order valence-electron chi connectivity index (χ4n) is 3.56. The average Bonchev–Trinajstić information content (AvgIpc) is 2.69. The zero-order valence-electron chi connectivity index (χ0n) is 16.0. The van der Waals surface area contributed by atoms with Crippen molar-refractivity contribution < 1.29 is 19.1 Å². The lowest BCUT2D eigenvalue weighted by Gasteiger charge is -2.34. The van der Waals surface area contributed by atoms with Crippen LogP contribution in [0.3, 0.4) is 0 Å². The zero-order valence-corrected chi connectivity index (χ0v) is 16.0. The van der Waals surface area contributed by atoms with E-state index in [1.165, 1.54) is 22.6 Å². The molecule has 0 spiro atoms. The van der Waals surface area contributed by atoms with Crippen molar-refractivity contribution in [1.82, 2.24) is 0 Å². The van der Waals surface area contributed by atoms with Gasteiger partial charge in [-0.3, -0.25) is 0 Å². The number of halogens is 1. The molecule has 2 N–H and O–H groups in total. The molecule has 1 aliphatic rings. The Morgan fingerprint density at radius 1 is 1.07 bits per heavy atom. The Balaban J connectivity index is 1.38. The van der Waals surface area contributed by atoms with Gasteiger partial charge in [-0.2, -0.15) is 0 Å². The summed E-state index contributed by atoms with van der Waals surface area (Å²) in [4.78, 5) is 3.65. The van der Waals surface area contributed by atoms with Crippen LogP contribution < -0.4 is 14.5 Å². The van der Waals surface area contributed by atoms with E-state index in [9.17, 15) is 9.50 Å². The molecule has 0 unspecified atom stereocenters. The van der Waals surface area contributed by atoms with Crippen LogP contribution in [-0.2, 0) is 6.42 Å². The molecule has 1 fully saturated rings. The van der Waals surface area contributed by atoms with Gasteiger partial charge in [0.05, 0.1) is 26.2 Å². The average molecular weight is 373 g/mol. The van der Waals surface area contributed by atoms with Gasteiger partial charge in [0.25, 0.3) is 0 Å². The predicted octanol–water partition coefficient (Wildman–Crippen LogP) is 1.92. The lowest BCUT2D eigenvalue weighted by Crippen LogP contribution is -3.16. The highest BCUT2D eigenvalue weighted by molar-refractivity contribution is 5.46. The second kappa shape index (κ2) is 9.72. The van der Waals surface area contributed by atoms with Gasteiger partial charge in [-0.05, 0) is 48.4 Å². The lowest BCUT2D eigenvalue weighted by molar-refractivity contribution is -0.903. The smallest absolute Gasteiger partial charge is 0.137 e. The summed E-state index contributed by atoms with van der Waals surface area (Å²) in [6.07, 6.45) is 1.74. The van der Waals surface area contributed by atoms with Crippen LogP contribution >= 0.6 is 0 Å². The van der Waals surface area contributed by atoms with Crippen LogP contribution in [0.1, 0.15) is 18.9 Å². The maximum atomic E-state index is 13.0. The summed E-state index contributed by atoms with van der Waals surface area (Å²) in [6, 6.07) is 14.8. The van der Waals surface area contributed by atoms with Crippen molar-refractivity contribution in [2.75, 3.05) is 44.2 Å². The summed E-state index contributed by atoms with van der Waals surface area (Å²) >= 11 is 0. The van der Waals surface area contributed by atoms with Gasteiger partial charge in [0.1, 0.15) is 30.8 Å². The van der Waals surface area contributed by atoms with Crippen LogP contribution in [0.25, 0.3) is 0 Å². The molecule has 2 aromatic rings. The Labute approximate surface area is 161 Å². The number of aliphatic hydroxyl groups excluding tert-OH is 1. The number of piperazine rings is 1. The van der Waals surface area contributed by atoms with Crippen molar-refractivity contribution in [3.05, 3.63) is 59.9 Å². The van der Waals surface area contributed by atoms with E-state index < -0.39 is 6.10 Å². The van der Waals surface area contributed by atoms with Crippen LogP contribution in [0.5, 0.6) is 5.75 Å². The molecule has 5 heteroatoms. The molecule has 4 nitrogen and oxygen atoms in total. The van der Waals surface area contributed by atoms with Crippen LogP contribution in [-0.4, -0.2) is 50.5 Å². The topological polar surface area (TPSA) is 37.1 Å². The normalized spacial score (nSPS) is 16.3. The zero-order chi connectivity index (χ0) is 19.1. The van der Waals surface area contributed by atoms with Gasteiger partial charge in [-0.25, -0.2) is 4.39 Å². The number of quaternary nitrogens is 1. The first-order chi connectivity index (χ1) is 13.1. The molecule has 1 heterocycles. The van der Waals surface area contributed by atoms with Crippen LogP contribution in [0.15, 0.2) is 48.5 Å². The molecule has 0 aliphatic carbocycles. The van der Waals surface area contributed by atoms with E-state index in [0.29, 0.717) is 13.2 Å². The van der Waals surface area contributed by atoms with E-state index in [0.717, 1.165) is 50.5 Å². The molecule has 0 bridgehead atoms. The van der Waals surface area contributed by atoms with Crippen molar-refractivity contribution in [3.8, 4) is 5.75 Å².